The number of fused-ring (bicyclic) bond motifs is 1. The number of aromatic nitrogens is 3. The second-order valence-corrected chi connectivity index (χ2v) is 8.69. The summed E-state index contributed by atoms with van der Waals surface area (Å²) in [5.41, 5.74) is 2.47. The Morgan fingerprint density at radius 2 is 1.88 bits per heavy atom. The van der Waals surface area contributed by atoms with Crippen LogP contribution in [0, 0.1) is 0 Å². The minimum absolute atomic E-state index is 0.0313. The van der Waals surface area contributed by atoms with Gasteiger partial charge in [-0.15, -0.1) is 0 Å². The molecule has 0 radical (unpaired) electrons. The first-order valence-electron chi connectivity index (χ1n) is 11.4. The Balaban J connectivity index is 1.27. The van der Waals surface area contributed by atoms with E-state index in [4.69, 9.17) is 4.74 Å². The van der Waals surface area contributed by atoms with Crippen molar-refractivity contribution < 1.29 is 13.5 Å². The van der Waals surface area contributed by atoms with Gasteiger partial charge in [0.25, 0.3) is 11.5 Å². The van der Waals surface area contributed by atoms with Crippen molar-refractivity contribution >= 4 is 10.9 Å². The Morgan fingerprint density at radius 3 is 2.68 bits per heavy atom. The number of ether oxygens (including phenoxy) is 1. The van der Waals surface area contributed by atoms with Gasteiger partial charge in [0.15, 0.2) is 0 Å². The predicted octanol–water partition coefficient (Wildman–Crippen LogP) is 4.50. The quantitative estimate of drug-likeness (QED) is 0.404. The number of rotatable bonds is 7. The summed E-state index contributed by atoms with van der Waals surface area (Å²) in [7, 11) is 0. The zero-order valence-electron chi connectivity index (χ0n) is 18.7. The molecular weight excluding hydrogens is 438 g/mol. The zero-order chi connectivity index (χ0) is 23.5. The maximum atomic E-state index is 13.7. The molecule has 0 atom stereocenters. The van der Waals surface area contributed by atoms with Gasteiger partial charge in [-0.25, -0.2) is 8.78 Å². The van der Waals surface area contributed by atoms with E-state index in [0.29, 0.717) is 38.4 Å². The van der Waals surface area contributed by atoms with Gasteiger partial charge in [0, 0.05) is 36.3 Å². The van der Waals surface area contributed by atoms with Gasteiger partial charge < -0.3 is 4.74 Å². The molecular formula is C26H26F2N4O2. The molecule has 176 valence electrons. The van der Waals surface area contributed by atoms with Gasteiger partial charge in [-0.1, -0.05) is 30.3 Å². The van der Waals surface area contributed by atoms with Crippen molar-refractivity contribution in [2.75, 3.05) is 19.6 Å². The van der Waals surface area contributed by atoms with Crippen molar-refractivity contribution in [3.63, 3.8) is 0 Å². The fourth-order valence-electron chi connectivity index (χ4n) is 4.38. The molecule has 0 bridgehead atoms. The van der Waals surface area contributed by atoms with Crippen LogP contribution in [-0.4, -0.2) is 44.8 Å². The highest BCUT2D eigenvalue weighted by Gasteiger charge is 2.34. The Morgan fingerprint density at radius 1 is 1.03 bits per heavy atom. The number of pyridine rings is 1. The van der Waals surface area contributed by atoms with Crippen LogP contribution >= 0.6 is 0 Å². The molecule has 3 heterocycles. The van der Waals surface area contributed by atoms with Crippen LogP contribution in [0.3, 0.4) is 0 Å². The van der Waals surface area contributed by atoms with Gasteiger partial charge in [0.1, 0.15) is 12.4 Å². The molecule has 4 aromatic rings. The van der Waals surface area contributed by atoms with Crippen molar-refractivity contribution in [1.29, 1.82) is 0 Å². The molecule has 0 amide bonds. The van der Waals surface area contributed by atoms with Crippen molar-refractivity contribution in [3.05, 3.63) is 89.0 Å². The van der Waals surface area contributed by atoms with Gasteiger partial charge in [-0.2, -0.15) is 5.10 Å². The third kappa shape index (κ3) is 5.02. The highest BCUT2D eigenvalue weighted by molar-refractivity contribution is 5.80. The summed E-state index contributed by atoms with van der Waals surface area (Å²) in [5, 5.41) is 5.32. The van der Waals surface area contributed by atoms with E-state index in [-0.39, 0.29) is 18.5 Å². The number of likely N-dealkylation sites (tertiary alicyclic amines) is 1. The molecule has 0 saturated carbocycles. The maximum Gasteiger partial charge on any atom is 0.260 e. The number of hydrogen-bond donors (Lipinski definition) is 0. The molecule has 1 saturated heterocycles. The van der Waals surface area contributed by atoms with Crippen molar-refractivity contribution in [2.45, 2.75) is 31.9 Å². The van der Waals surface area contributed by atoms with E-state index < -0.39 is 5.92 Å². The van der Waals surface area contributed by atoms with Crippen LogP contribution in [0.1, 0.15) is 18.4 Å². The van der Waals surface area contributed by atoms with Crippen molar-refractivity contribution in [1.82, 2.24) is 19.2 Å². The average Bonchev–Trinajstić information content (AvgIpc) is 3.24. The molecule has 8 heteroatoms. The molecule has 1 aliphatic heterocycles. The van der Waals surface area contributed by atoms with Crippen LogP contribution in [-0.2, 0) is 13.2 Å². The monoisotopic (exact) mass is 464 g/mol. The molecule has 2 aromatic carbocycles. The van der Waals surface area contributed by atoms with Gasteiger partial charge in [0.05, 0.1) is 24.8 Å². The number of hydrogen-bond acceptors (Lipinski definition) is 4. The molecule has 1 aliphatic rings. The Kier molecular flexibility index (Phi) is 6.15. The Bertz CT molecular complexity index is 1330. The lowest BCUT2D eigenvalue weighted by Gasteiger charge is -2.32. The maximum absolute atomic E-state index is 13.7. The molecule has 34 heavy (non-hydrogen) atoms. The van der Waals surface area contributed by atoms with Crippen LogP contribution in [0.4, 0.5) is 8.78 Å². The first-order chi connectivity index (χ1) is 16.5. The SMILES string of the molecule is O=c1cc(OCc2ccccc2)ccn1-c1ccc2c(cnn2CCN2CCCC(F)(F)C2)c1. The van der Waals surface area contributed by atoms with E-state index in [9.17, 15) is 13.6 Å². The molecule has 1 fully saturated rings. The van der Waals surface area contributed by atoms with Crippen molar-refractivity contribution in [3.8, 4) is 11.4 Å². The second-order valence-electron chi connectivity index (χ2n) is 8.69. The largest absolute Gasteiger partial charge is 0.489 e. The summed E-state index contributed by atoms with van der Waals surface area (Å²) in [5.74, 6) is -2.09. The third-order valence-corrected chi connectivity index (χ3v) is 6.14. The number of alkyl halides is 2. The minimum Gasteiger partial charge on any atom is -0.489 e. The standard InChI is InChI=1S/C26H26F2N4O2/c27-26(28)10-4-11-30(19-26)13-14-32-24-8-7-22(15-21(24)17-29-32)31-12-9-23(16-25(31)33)34-18-20-5-2-1-3-6-20/h1-3,5-9,12,15-17H,4,10-11,13-14,18-19H2. The molecule has 5 rings (SSSR count). The normalized spacial score (nSPS) is 16.1. The van der Waals surface area contributed by atoms with E-state index in [1.165, 1.54) is 6.07 Å². The topological polar surface area (TPSA) is 52.3 Å². The number of nitrogens with zero attached hydrogens (tertiary/aromatic N) is 4. The third-order valence-electron chi connectivity index (χ3n) is 6.14. The van der Waals surface area contributed by atoms with Crippen LogP contribution in [0.2, 0.25) is 0 Å². The van der Waals surface area contributed by atoms with Gasteiger partial charge in [0.2, 0.25) is 0 Å². The molecule has 6 nitrogen and oxygen atoms in total. The predicted molar refractivity (Wildman–Crippen MR) is 127 cm³/mol. The molecule has 2 aromatic heterocycles. The lowest BCUT2D eigenvalue weighted by Crippen LogP contribution is -2.43. The number of benzene rings is 2. The minimum atomic E-state index is -2.60. The van der Waals surface area contributed by atoms with Gasteiger partial charge in [-0.3, -0.25) is 18.9 Å². The Hall–Kier alpha value is -3.52. The summed E-state index contributed by atoms with van der Waals surface area (Å²) in [6, 6.07) is 18.7. The summed E-state index contributed by atoms with van der Waals surface area (Å²) in [6.07, 6.45) is 3.92. The van der Waals surface area contributed by atoms with Crippen LogP contribution in [0.25, 0.3) is 16.6 Å². The van der Waals surface area contributed by atoms with E-state index in [0.717, 1.165) is 22.2 Å². The number of piperidine rings is 1. The molecule has 0 N–H and O–H groups in total. The van der Waals surface area contributed by atoms with E-state index in [1.54, 1.807) is 27.9 Å². The lowest BCUT2D eigenvalue weighted by molar-refractivity contribution is -0.0645. The molecule has 0 unspecified atom stereocenters. The molecule has 0 spiro atoms. The van der Waals surface area contributed by atoms with Crippen LogP contribution < -0.4 is 10.3 Å². The fraction of sp³-hybridized carbons (Fsp3) is 0.308. The van der Waals surface area contributed by atoms with Crippen molar-refractivity contribution in [2.24, 2.45) is 0 Å². The first kappa shape index (κ1) is 22.3. The smallest absolute Gasteiger partial charge is 0.260 e. The highest BCUT2D eigenvalue weighted by atomic mass is 19.3. The van der Waals surface area contributed by atoms with Gasteiger partial charge >= 0.3 is 0 Å². The lowest BCUT2D eigenvalue weighted by atomic mass is 10.1. The zero-order valence-corrected chi connectivity index (χ0v) is 18.7. The highest BCUT2D eigenvalue weighted by Crippen LogP contribution is 2.26. The first-order valence-corrected chi connectivity index (χ1v) is 11.4. The van der Waals surface area contributed by atoms with Crippen LogP contribution in [0.15, 0.2) is 77.9 Å². The summed E-state index contributed by atoms with van der Waals surface area (Å²) < 4.78 is 36.5. The van der Waals surface area contributed by atoms with Gasteiger partial charge in [-0.05, 0) is 42.8 Å². The van der Waals surface area contributed by atoms with E-state index in [1.807, 2.05) is 53.2 Å². The Labute approximate surface area is 196 Å². The fourth-order valence-corrected chi connectivity index (χ4v) is 4.38. The molecule has 0 aliphatic carbocycles. The summed E-state index contributed by atoms with van der Waals surface area (Å²) in [4.78, 5) is 14.5. The second kappa shape index (κ2) is 9.38. The van der Waals surface area contributed by atoms with E-state index >= 15 is 0 Å². The average molecular weight is 465 g/mol. The van der Waals surface area contributed by atoms with E-state index in [2.05, 4.69) is 5.10 Å². The summed E-state index contributed by atoms with van der Waals surface area (Å²) >= 11 is 0. The van der Waals surface area contributed by atoms with Crippen LogP contribution in [0.5, 0.6) is 5.75 Å². The summed E-state index contributed by atoms with van der Waals surface area (Å²) in [6.45, 7) is 1.95. The number of halogens is 2.